The van der Waals surface area contributed by atoms with Gasteiger partial charge in [0.25, 0.3) is 10.1 Å². The maximum Gasteiger partial charge on any atom is 0.460 e. The summed E-state index contributed by atoms with van der Waals surface area (Å²) < 4.78 is 275. The first-order chi connectivity index (χ1) is 25.3. The van der Waals surface area contributed by atoms with Gasteiger partial charge in [-0.05, 0) is 47.9 Å². The number of hydrogen-bond acceptors (Lipinski definition) is 7. The van der Waals surface area contributed by atoms with Crippen molar-refractivity contribution in [3.63, 3.8) is 0 Å². The molecule has 3 aromatic carbocycles. The fraction of sp³-hybridized carbons (Fsp3) is 0.370. The number of rotatable bonds is 14. The Hall–Kier alpha value is -4.34. The van der Waals surface area contributed by atoms with Crippen molar-refractivity contribution in [2.24, 2.45) is 10.2 Å². The Kier molecular flexibility index (Phi) is 12.0. The molecule has 0 atom stereocenters. The Balaban J connectivity index is 1.91. The lowest BCUT2D eigenvalue weighted by Crippen LogP contribution is -2.74. The average molecular weight is 897 g/mol. The molecule has 3 rings (SSSR count). The molecular formula is C27H17F17N3O8PS. The third-order valence-corrected chi connectivity index (χ3v) is 9.32. The number of carbonyl (C=O) groups is 1. The predicted octanol–water partition coefficient (Wildman–Crippen LogP) is 8.74. The maximum absolute atomic E-state index is 14.3. The van der Waals surface area contributed by atoms with Crippen LogP contribution in [0.2, 0.25) is 0 Å². The quantitative estimate of drug-likeness (QED) is 0.0460. The van der Waals surface area contributed by atoms with E-state index in [9.17, 15) is 112 Å². The van der Waals surface area contributed by atoms with Crippen LogP contribution >= 0.6 is 7.60 Å². The van der Waals surface area contributed by atoms with Crippen LogP contribution in [-0.2, 0) is 19.5 Å². The van der Waals surface area contributed by atoms with E-state index in [1.165, 1.54) is 0 Å². The number of amides is 1. The van der Waals surface area contributed by atoms with Gasteiger partial charge in [-0.3, -0.25) is 13.9 Å². The summed E-state index contributed by atoms with van der Waals surface area (Å²) in [7, 11) is -10.2. The van der Waals surface area contributed by atoms with Gasteiger partial charge in [-0.15, -0.1) is 5.11 Å². The van der Waals surface area contributed by atoms with Crippen molar-refractivity contribution in [2.75, 3.05) is 5.32 Å². The Bertz CT molecular complexity index is 2250. The minimum Gasteiger partial charge on any atom is -0.505 e. The zero-order valence-corrected chi connectivity index (χ0v) is 28.3. The van der Waals surface area contributed by atoms with E-state index in [2.05, 4.69) is 10.2 Å². The SMILES string of the molecule is O=C(CCC(F)(F)C(F)(F)C(F)(F)C(F)(F)C(F)(F)C(F)(F)C(F)(F)C(F)(F)F)Nc1ccc2c(O)c(/N=N/c3cccc(P(=O)(O)O)c3)c(S(=O)(=O)O)cc2c1. The Morgan fingerprint density at radius 2 is 1.21 bits per heavy atom. The van der Waals surface area contributed by atoms with Crippen molar-refractivity contribution >= 4 is 56.8 Å². The number of halogens is 17. The molecule has 0 bridgehead atoms. The van der Waals surface area contributed by atoms with Crippen LogP contribution in [0.4, 0.5) is 91.7 Å². The molecule has 0 aliphatic heterocycles. The van der Waals surface area contributed by atoms with Crippen molar-refractivity contribution in [1.29, 1.82) is 0 Å². The number of benzene rings is 3. The minimum atomic E-state index is -8.82. The summed E-state index contributed by atoms with van der Waals surface area (Å²) in [5.74, 6) is -61.1. The van der Waals surface area contributed by atoms with Crippen molar-refractivity contribution in [2.45, 2.75) is 65.4 Å². The number of fused-ring (bicyclic) bond motifs is 1. The molecule has 0 aromatic heterocycles. The number of phenolic OH excluding ortho intramolecular Hbond substituents is 1. The molecule has 0 fully saturated rings. The molecule has 0 aliphatic rings. The Labute approximate surface area is 304 Å². The molecular weight excluding hydrogens is 880 g/mol. The molecule has 0 unspecified atom stereocenters. The molecule has 0 spiro atoms. The zero-order valence-electron chi connectivity index (χ0n) is 26.6. The van der Waals surface area contributed by atoms with E-state index in [1.54, 1.807) is 5.32 Å². The lowest BCUT2D eigenvalue weighted by Gasteiger charge is -2.42. The highest BCUT2D eigenvalue weighted by molar-refractivity contribution is 7.86. The number of hydrogen-bond donors (Lipinski definition) is 5. The fourth-order valence-electron chi connectivity index (χ4n) is 4.41. The third-order valence-electron chi connectivity index (χ3n) is 7.50. The Morgan fingerprint density at radius 1 is 0.702 bits per heavy atom. The number of phenols is 1. The highest BCUT2D eigenvalue weighted by Crippen LogP contribution is 2.64. The minimum absolute atomic E-state index is 0.333. The summed E-state index contributed by atoms with van der Waals surface area (Å²) in [6, 6.07) is 6.64. The second-order valence-electron chi connectivity index (χ2n) is 11.4. The normalized spacial score (nSPS) is 14.7. The number of aromatic hydroxyl groups is 1. The van der Waals surface area contributed by atoms with Gasteiger partial charge in [0.05, 0.1) is 11.0 Å². The number of alkyl halides is 17. The zero-order chi connectivity index (χ0) is 44.4. The molecule has 11 nitrogen and oxygen atoms in total. The van der Waals surface area contributed by atoms with Gasteiger partial charge >= 0.3 is 55.2 Å². The smallest absolute Gasteiger partial charge is 0.460 e. The molecule has 0 saturated heterocycles. The van der Waals surface area contributed by atoms with Crippen LogP contribution in [0.5, 0.6) is 5.75 Å². The number of nitrogens with one attached hydrogen (secondary N) is 1. The molecule has 0 aliphatic carbocycles. The summed E-state index contributed by atoms with van der Waals surface area (Å²) in [4.78, 5) is 29.5. The van der Waals surface area contributed by atoms with E-state index in [4.69, 9.17) is 0 Å². The molecule has 5 N–H and O–H groups in total. The van der Waals surface area contributed by atoms with E-state index >= 15 is 0 Å². The summed E-state index contributed by atoms with van der Waals surface area (Å²) in [6.07, 6.45) is -13.2. The highest BCUT2D eigenvalue weighted by atomic mass is 32.2. The molecule has 318 valence electrons. The van der Waals surface area contributed by atoms with E-state index in [1.807, 2.05) is 0 Å². The predicted molar refractivity (Wildman–Crippen MR) is 156 cm³/mol. The third kappa shape index (κ3) is 8.20. The Morgan fingerprint density at radius 3 is 1.70 bits per heavy atom. The van der Waals surface area contributed by atoms with E-state index in [-0.39, 0.29) is 5.69 Å². The molecule has 30 heteroatoms. The van der Waals surface area contributed by atoms with Gasteiger partial charge in [0.15, 0.2) is 5.75 Å². The van der Waals surface area contributed by atoms with Crippen molar-refractivity contribution in [3.8, 4) is 5.75 Å². The summed E-state index contributed by atoms with van der Waals surface area (Å²) in [6.45, 7) is 0. The molecule has 0 saturated carbocycles. The van der Waals surface area contributed by atoms with Crippen LogP contribution in [-0.4, -0.2) is 81.4 Å². The second-order valence-corrected chi connectivity index (χ2v) is 14.4. The van der Waals surface area contributed by atoms with E-state index in [0.29, 0.717) is 12.1 Å². The van der Waals surface area contributed by atoms with Gasteiger partial charge in [0.1, 0.15) is 10.6 Å². The first-order valence-corrected chi connectivity index (χ1v) is 17.2. The van der Waals surface area contributed by atoms with Crippen molar-refractivity contribution < 1.29 is 112 Å². The lowest BCUT2D eigenvalue weighted by molar-refractivity contribution is -0.461. The second kappa shape index (κ2) is 14.5. The van der Waals surface area contributed by atoms with Crippen LogP contribution in [0.1, 0.15) is 12.8 Å². The number of anilines is 1. The number of azo groups is 1. The maximum atomic E-state index is 14.3. The monoisotopic (exact) mass is 897 g/mol. The van der Waals surface area contributed by atoms with Gasteiger partial charge < -0.3 is 20.2 Å². The molecule has 57 heavy (non-hydrogen) atoms. The number of nitrogens with zero attached hydrogens (tertiary/aromatic N) is 2. The first kappa shape index (κ1) is 47.0. The van der Waals surface area contributed by atoms with Crippen LogP contribution in [0, 0.1) is 0 Å². The largest absolute Gasteiger partial charge is 0.505 e. The molecule has 0 radical (unpaired) electrons. The summed E-state index contributed by atoms with van der Waals surface area (Å²) >= 11 is 0. The molecule has 3 aromatic rings. The number of carbonyl (C=O) groups excluding carboxylic acids is 1. The van der Waals surface area contributed by atoms with Gasteiger partial charge in [0, 0.05) is 23.9 Å². The van der Waals surface area contributed by atoms with E-state index in [0.717, 1.165) is 36.4 Å². The first-order valence-electron chi connectivity index (χ1n) is 14.2. The fourth-order valence-corrected chi connectivity index (χ4v) is 5.65. The van der Waals surface area contributed by atoms with E-state index < -0.39 is 122 Å². The standard InChI is InChI=1S/C27H17F17N3O8PS/c28-20(29,21(30,31)22(32,33)23(34,35)24(36,37)25(38,39)26(40,41)27(42,43)44)7-6-17(48)45-12-4-5-15-11(8-12)9-16(57(53,54)55)18(19(15)49)47-46-13-2-1-3-14(10-13)56(50,51)52/h1-5,8-10,49H,6-7H2,(H,45,48)(H2,50,51,52)(H,53,54,55)/b47-46+. The lowest BCUT2D eigenvalue weighted by atomic mass is 9.88. The summed E-state index contributed by atoms with van der Waals surface area (Å²) in [5.41, 5.74) is -2.03. The van der Waals surface area contributed by atoms with Gasteiger partial charge in [-0.2, -0.15) is 88.2 Å². The average Bonchev–Trinajstić information content (AvgIpc) is 3.05. The summed E-state index contributed by atoms with van der Waals surface area (Å²) in [5, 5.41) is 17.7. The van der Waals surface area contributed by atoms with Gasteiger partial charge in [-0.1, -0.05) is 6.07 Å². The van der Waals surface area contributed by atoms with Crippen LogP contribution in [0.15, 0.2) is 63.7 Å². The van der Waals surface area contributed by atoms with Gasteiger partial charge in [0.2, 0.25) is 5.91 Å². The van der Waals surface area contributed by atoms with Crippen LogP contribution in [0.3, 0.4) is 0 Å². The van der Waals surface area contributed by atoms with Crippen molar-refractivity contribution in [3.05, 3.63) is 48.5 Å². The van der Waals surface area contributed by atoms with Gasteiger partial charge in [-0.25, -0.2) is 0 Å². The topological polar surface area (TPSA) is 186 Å². The highest BCUT2D eigenvalue weighted by Gasteiger charge is 2.95. The molecule has 1 amide bonds. The van der Waals surface area contributed by atoms with Crippen LogP contribution in [0.25, 0.3) is 10.8 Å². The van der Waals surface area contributed by atoms with Crippen LogP contribution < -0.4 is 10.6 Å². The van der Waals surface area contributed by atoms with Crippen molar-refractivity contribution in [1.82, 2.24) is 0 Å². The molecule has 0 heterocycles.